The SMILES string of the molecule is CC(C)(CCCN1CC[C@@H](Nc2ncc(Cl)c(-c3c[nH]c4ccccc34)n2)C1)C1(O)CCN(C(=O)O)CC1. The van der Waals surface area contributed by atoms with E-state index in [9.17, 15) is 15.0 Å². The first kappa shape index (κ1) is 26.7. The summed E-state index contributed by atoms with van der Waals surface area (Å²) in [7, 11) is 0. The Morgan fingerprint density at radius 2 is 2.03 bits per heavy atom. The van der Waals surface area contributed by atoms with Crippen LogP contribution in [0.15, 0.2) is 36.7 Å². The van der Waals surface area contributed by atoms with Crippen LogP contribution in [-0.4, -0.2) is 85.4 Å². The largest absolute Gasteiger partial charge is 0.465 e. The molecule has 2 aliphatic rings. The molecule has 38 heavy (non-hydrogen) atoms. The highest BCUT2D eigenvalue weighted by molar-refractivity contribution is 6.33. The van der Waals surface area contributed by atoms with E-state index < -0.39 is 11.7 Å². The minimum absolute atomic E-state index is 0.254. The summed E-state index contributed by atoms with van der Waals surface area (Å²) in [6, 6.07) is 8.34. The molecule has 9 nitrogen and oxygen atoms in total. The Kier molecular flexibility index (Phi) is 7.53. The zero-order valence-corrected chi connectivity index (χ0v) is 22.8. The number of halogens is 1. The van der Waals surface area contributed by atoms with Crippen LogP contribution < -0.4 is 5.32 Å². The van der Waals surface area contributed by atoms with E-state index in [-0.39, 0.29) is 11.5 Å². The highest BCUT2D eigenvalue weighted by atomic mass is 35.5. The number of aliphatic hydroxyl groups is 1. The second-order valence-electron chi connectivity index (χ2n) is 11.4. The lowest BCUT2D eigenvalue weighted by molar-refractivity contribution is -0.107. The molecule has 2 saturated heterocycles. The molecule has 1 aromatic carbocycles. The number of fused-ring (bicyclic) bond motifs is 1. The molecule has 0 unspecified atom stereocenters. The van der Waals surface area contributed by atoms with Crippen molar-refractivity contribution in [1.82, 2.24) is 24.8 Å². The predicted molar refractivity (Wildman–Crippen MR) is 150 cm³/mol. The van der Waals surface area contributed by atoms with Gasteiger partial charge in [0.2, 0.25) is 5.95 Å². The number of hydrogen-bond donors (Lipinski definition) is 4. The first-order valence-electron chi connectivity index (χ1n) is 13.4. The molecule has 0 radical (unpaired) electrons. The van der Waals surface area contributed by atoms with Gasteiger partial charge in [-0.2, -0.15) is 0 Å². The molecule has 10 heteroatoms. The van der Waals surface area contributed by atoms with Crippen LogP contribution in [0.1, 0.15) is 46.0 Å². The van der Waals surface area contributed by atoms with Crippen LogP contribution in [0.5, 0.6) is 0 Å². The molecule has 4 heterocycles. The van der Waals surface area contributed by atoms with Crippen molar-refractivity contribution in [2.45, 2.75) is 57.6 Å². The van der Waals surface area contributed by atoms with Crippen molar-refractivity contribution in [2.24, 2.45) is 5.41 Å². The molecule has 2 aromatic heterocycles. The van der Waals surface area contributed by atoms with Gasteiger partial charge < -0.3 is 30.3 Å². The van der Waals surface area contributed by atoms with Crippen LogP contribution in [0.2, 0.25) is 5.02 Å². The molecule has 0 saturated carbocycles. The first-order chi connectivity index (χ1) is 18.1. The first-order valence-corrected chi connectivity index (χ1v) is 13.8. The Hall–Kier alpha value is -2.88. The lowest BCUT2D eigenvalue weighted by Crippen LogP contribution is -2.53. The molecule has 2 aliphatic heterocycles. The normalized spacial score (nSPS) is 20.2. The van der Waals surface area contributed by atoms with Crippen molar-refractivity contribution in [2.75, 3.05) is 38.0 Å². The van der Waals surface area contributed by atoms with E-state index in [0.717, 1.165) is 55.4 Å². The van der Waals surface area contributed by atoms with E-state index in [2.05, 4.69) is 40.1 Å². The second kappa shape index (κ2) is 10.7. The number of carbonyl (C=O) groups is 1. The Labute approximate surface area is 228 Å². The Morgan fingerprint density at radius 3 is 2.79 bits per heavy atom. The summed E-state index contributed by atoms with van der Waals surface area (Å²) in [6.45, 7) is 7.88. The minimum atomic E-state index is -0.903. The van der Waals surface area contributed by atoms with Crippen LogP contribution >= 0.6 is 11.6 Å². The fraction of sp³-hybridized carbons (Fsp3) is 0.536. The standard InChI is InChI=1S/C28H37ClN6O3/c1-27(2,28(38)10-14-35(15-11-28)26(36)37)9-5-12-34-13-8-19(18-34)32-25-31-17-22(29)24(33-25)21-16-30-23-7-4-3-6-20(21)23/h3-4,6-7,16-17,19,30,38H,5,8-15,18H2,1-2H3,(H,36,37)(H,31,32,33)/t19-/m1/s1. The number of aromatic nitrogens is 3. The average Bonchev–Trinajstić information content (AvgIpc) is 3.52. The van der Waals surface area contributed by atoms with Gasteiger partial charge in [0.25, 0.3) is 0 Å². The summed E-state index contributed by atoms with van der Waals surface area (Å²) in [5.74, 6) is 0.581. The molecule has 0 bridgehead atoms. The van der Waals surface area contributed by atoms with Gasteiger partial charge in [-0.1, -0.05) is 43.6 Å². The molecular formula is C28H37ClN6O3. The zero-order chi connectivity index (χ0) is 26.9. The van der Waals surface area contributed by atoms with Crippen molar-refractivity contribution in [1.29, 1.82) is 0 Å². The number of piperidine rings is 1. The number of carboxylic acid groups (broad SMARTS) is 1. The van der Waals surface area contributed by atoms with Crippen molar-refractivity contribution in [3.8, 4) is 11.3 Å². The molecule has 204 valence electrons. The fourth-order valence-corrected chi connectivity index (χ4v) is 6.14. The molecule has 3 aromatic rings. The molecule has 5 rings (SSSR count). The Balaban J connectivity index is 1.13. The zero-order valence-electron chi connectivity index (χ0n) is 22.1. The Morgan fingerprint density at radius 1 is 1.26 bits per heavy atom. The third-order valence-corrected chi connectivity index (χ3v) is 8.87. The number of H-pyrrole nitrogens is 1. The summed E-state index contributed by atoms with van der Waals surface area (Å²) in [5.41, 5.74) is 1.61. The van der Waals surface area contributed by atoms with E-state index in [0.29, 0.717) is 42.6 Å². The van der Waals surface area contributed by atoms with Crippen LogP contribution in [0, 0.1) is 5.41 Å². The lowest BCUT2D eigenvalue weighted by Gasteiger charge is -2.47. The maximum absolute atomic E-state index is 11.3. The van der Waals surface area contributed by atoms with Gasteiger partial charge in [-0.05, 0) is 50.1 Å². The van der Waals surface area contributed by atoms with Crippen LogP contribution in [0.3, 0.4) is 0 Å². The minimum Gasteiger partial charge on any atom is -0.465 e. The van der Waals surface area contributed by atoms with E-state index in [1.807, 2.05) is 24.4 Å². The highest BCUT2D eigenvalue weighted by Crippen LogP contribution is 2.42. The summed E-state index contributed by atoms with van der Waals surface area (Å²) in [5, 5.41) is 25.6. The maximum Gasteiger partial charge on any atom is 0.407 e. The van der Waals surface area contributed by atoms with Gasteiger partial charge >= 0.3 is 6.09 Å². The van der Waals surface area contributed by atoms with Crippen LogP contribution in [0.25, 0.3) is 22.2 Å². The van der Waals surface area contributed by atoms with Gasteiger partial charge in [0, 0.05) is 54.9 Å². The van der Waals surface area contributed by atoms with Gasteiger partial charge in [0.1, 0.15) is 0 Å². The van der Waals surface area contributed by atoms with E-state index >= 15 is 0 Å². The van der Waals surface area contributed by atoms with E-state index in [1.54, 1.807) is 6.20 Å². The third-order valence-electron chi connectivity index (χ3n) is 8.59. The number of para-hydroxylation sites is 1. The van der Waals surface area contributed by atoms with Gasteiger partial charge in [0.05, 0.1) is 22.5 Å². The molecule has 0 aliphatic carbocycles. The number of nitrogens with one attached hydrogen (secondary N) is 2. The predicted octanol–water partition coefficient (Wildman–Crippen LogP) is 5.08. The summed E-state index contributed by atoms with van der Waals surface area (Å²) >= 11 is 6.49. The number of hydrogen-bond acceptors (Lipinski definition) is 6. The number of likely N-dealkylation sites (tertiary alicyclic amines) is 2. The van der Waals surface area contributed by atoms with Crippen molar-refractivity contribution in [3.05, 3.63) is 41.7 Å². The molecule has 0 spiro atoms. The van der Waals surface area contributed by atoms with Crippen LogP contribution in [-0.2, 0) is 0 Å². The topological polar surface area (TPSA) is 118 Å². The van der Waals surface area contributed by atoms with Crippen LogP contribution in [0.4, 0.5) is 10.7 Å². The van der Waals surface area contributed by atoms with Gasteiger partial charge in [-0.3, -0.25) is 0 Å². The smallest absolute Gasteiger partial charge is 0.407 e. The molecule has 4 N–H and O–H groups in total. The summed E-state index contributed by atoms with van der Waals surface area (Å²) < 4.78 is 0. The van der Waals surface area contributed by atoms with E-state index in [4.69, 9.17) is 16.6 Å². The monoisotopic (exact) mass is 540 g/mol. The van der Waals surface area contributed by atoms with E-state index in [1.165, 1.54) is 4.90 Å². The molecule has 2 fully saturated rings. The lowest BCUT2D eigenvalue weighted by atomic mass is 9.67. The molecule has 1 amide bonds. The Bertz CT molecular complexity index is 1290. The summed E-state index contributed by atoms with van der Waals surface area (Å²) in [4.78, 5) is 27.6. The molecule has 1 atom stereocenters. The number of aromatic amines is 1. The number of amides is 1. The van der Waals surface area contributed by atoms with Crippen molar-refractivity contribution in [3.63, 3.8) is 0 Å². The second-order valence-corrected chi connectivity index (χ2v) is 11.8. The van der Waals surface area contributed by atoms with Gasteiger partial charge in [-0.25, -0.2) is 14.8 Å². The van der Waals surface area contributed by atoms with Gasteiger partial charge in [0.15, 0.2) is 0 Å². The number of anilines is 1. The number of nitrogens with zero attached hydrogens (tertiary/aromatic N) is 4. The number of rotatable bonds is 8. The van der Waals surface area contributed by atoms with Crippen molar-refractivity contribution < 1.29 is 15.0 Å². The average molecular weight is 541 g/mol. The molecular weight excluding hydrogens is 504 g/mol. The highest BCUT2D eigenvalue weighted by Gasteiger charge is 2.45. The maximum atomic E-state index is 11.3. The summed E-state index contributed by atoms with van der Waals surface area (Å²) in [6.07, 6.45) is 6.55. The fourth-order valence-electron chi connectivity index (χ4n) is 5.95. The van der Waals surface area contributed by atoms with Gasteiger partial charge in [-0.15, -0.1) is 0 Å². The number of benzene rings is 1. The third kappa shape index (κ3) is 5.46. The quantitative estimate of drug-likeness (QED) is 0.315. The van der Waals surface area contributed by atoms with Crippen molar-refractivity contribution >= 4 is 34.5 Å².